The molecule has 0 spiro atoms. The zero-order chi connectivity index (χ0) is 20.9. The molecule has 0 saturated carbocycles. The lowest BCUT2D eigenvalue weighted by atomic mass is 10.2. The summed E-state index contributed by atoms with van der Waals surface area (Å²) in [5.74, 6) is -0.916. The van der Waals surface area contributed by atoms with Crippen LogP contribution in [0.5, 0.6) is 5.75 Å². The van der Waals surface area contributed by atoms with Gasteiger partial charge in [-0.3, -0.25) is 0 Å². The Bertz CT molecular complexity index is 931. The normalized spacial score (nSPS) is 12.7. The van der Waals surface area contributed by atoms with Crippen molar-refractivity contribution >= 4 is 5.97 Å². The number of hydrogen-bond donors (Lipinski definition) is 3. The van der Waals surface area contributed by atoms with Gasteiger partial charge in [0.05, 0.1) is 6.42 Å². The highest BCUT2D eigenvalue weighted by Crippen LogP contribution is 2.23. The van der Waals surface area contributed by atoms with Crippen LogP contribution in [0.2, 0.25) is 0 Å². The van der Waals surface area contributed by atoms with E-state index in [4.69, 9.17) is 25.8 Å². The van der Waals surface area contributed by atoms with Crippen molar-refractivity contribution in [2.45, 2.75) is 12.6 Å². The Kier molecular flexibility index (Phi) is 6.08. The number of rotatable bonds is 7. The van der Waals surface area contributed by atoms with E-state index in [1.165, 1.54) is 12.1 Å². The maximum atomic E-state index is 12.3. The summed E-state index contributed by atoms with van der Waals surface area (Å²) in [6, 6.07) is 6.09. The van der Waals surface area contributed by atoms with Gasteiger partial charge in [-0.05, 0) is 30.3 Å². The van der Waals surface area contributed by atoms with Gasteiger partial charge < -0.3 is 25.8 Å². The molecule has 0 aliphatic rings. The van der Waals surface area contributed by atoms with Crippen LogP contribution in [-0.2, 0) is 11.2 Å². The minimum absolute atomic E-state index is 0.0870. The fraction of sp³-hybridized carbons (Fsp3) is 0.118. The number of carbonyl (C=O) groups is 1. The Labute approximate surface area is 156 Å². The van der Waals surface area contributed by atoms with Crippen molar-refractivity contribution in [3.8, 4) is 17.1 Å². The molecular formula is C17H15F3N4O4. The van der Waals surface area contributed by atoms with Crippen LogP contribution in [0.3, 0.4) is 0 Å². The van der Waals surface area contributed by atoms with Gasteiger partial charge in [-0.15, -0.1) is 0 Å². The Morgan fingerprint density at radius 2 is 1.89 bits per heavy atom. The monoisotopic (exact) mass is 396 g/mol. The van der Waals surface area contributed by atoms with E-state index in [0.29, 0.717) is 11.6 Å². The van der Waals surface area contributed by atoms with E-state index in [1.54, 1.807) is 12.1 Å². The highest BCUT2D eigenvalue weighted by molar-refractivity contribution is 5.86. The number of aromatic nitrogens is 2. The van der Waals surface area contributed by atoms with Gasteiger partial charge in [-0.25, -0.2) is 4.79 Å². The topological polar surface area (TPSA) is 137 Å². The number of benzene rings is 1. The number of halogens is 3. The number of alkyl halides is 3. The van der Waals surface area contributed by atoms with Crippen molar-refractivity contribution in [1.29, 1.82) is 0 Å². The number of nitrogens with zero attached hydrogens (tertiary/aromatic N) is 2. The summed E-state index contributed by atoms with van der Waals surface area (Å²) in [5, 5.41) is 12.5. The highest BCUT2D eigenvalue weighted by atomic mass is 19.4. The predicted molar refractivity (Wildman–Crippen MR) is 91.4 cm³/mol. The van der Waals surface area contributed by atoms with E-state index in [-0.39, 0.29) is 35.3 Å². The van der Waals surface area contributed by atoms with Crippen molar-refractivity contribution in [3.63, 3.8) is 0 Å². The van der Waals surface area contributed by atoms with E-state index in [1.807, 2.05) is 0 Å². The largest absolute Gasteiger partial charge is 0.478 e. The quantitative estimate of drug-likeness (QED) is 0.369. The maximum Gasteiger partial charge on any atom is 0.430 e. The van der Waals surface area contributed by atoms with E-state index in [2.05, 4.69) is 16.7 Å². The van der Waals surface area contributed by atoms with Gasteiger partial charge in [0.1, 0.15) is 11.4 Å². The van der Waals surface area contributed by atoms with Gasteiger partial charge in [0, 0.05) is 17.2 Å². The minimum atomic E-state index is -4.65. The SMILES string of the molecule is C=C(Cc1nc(-c2ccc(O/C(N)=C/C=C(\N)C(F)(F)F)cc2)no1)C(=O)O. The molecule has 28 heavy (non-hydrogen) atoms. The Balaban J connectivity index is 2.05. The number of carboxylic acid groups (broad SMARTS) is 1. The van der Waals surface area contributed by atoms with Crippen LogP contribution in [0, 0.1) is 0 Å². The standard InChI is InChI=1S/C17H15F3N4O4/c1-9(16(25)26)8-14-23-15(24-28-14)10-2-4-11(5-3-10)27-13(22)7-6-12(21)17(18,19)20/h2-7H,1,8,21-22H2,(H,25,26)/b12-6-,13-7+. The summed E-state index contributed by atoms with van der Waals surface area (Å²) in [5.41, 5.74) is 9.47. The molecule has 0 fully saturated rings. The third kappa shape index (κ3) is 5.62. The summed E-state index contributed by atoms with van der Waals surface area (Å²) >= 11 is 0. The molecule has 0 unspecified atom stereocenters. The molecule has 0 atom stereocenters. The average molecular weight is 396 g/mol. The molecule has 2 aromatic rings. The second kappa shape index (κ2) is 8.29. The molecule has 0 saturated heterocycles. The van der Waals surface area contributed by atoms with Gasteiger partial charge in [-0.2, -0.15) is 18.2 Å². The molecule has 11 heteroatoms. The molecule has 2 rings (SSSR count). The summed E-state index contributed by atoms with van der Waals surface area (Å²) in [4.78, 5) is 14.8. The van der Waals surface area contributed by atoms with Crippen molar-refractivity contribution in [1.82, 2.24) is 10.1 Å². The Hall–Kier alpha value is -3.76. The smallest absolute Gasteiger partial charge is 0.430 e. The predicted octanol–water partition coefficient (Wildman–Crippen LogP) is 2.50. The first-order chi connectivity index (χ1) is 13.1. The molecule has 1 aromatic carbocycles. The number of nitrogens with two attached hydrogens (primary N) is 2. The van der Waals surface area contributed by atoms with Crippen molar-refractivity contribution in [2.24, 2.45) is 11.5 Å². The fourth-order valence-electron chi connectivity index (χ4n) is 1.81. The number of carboxylic acids is 1. The Morgan fingerprint density at radius 3 is 2.46 bits per heavy atom. The lowest BCUT2D eigenvalue weighted by Crippen LogP contribution is -2.19. The number of hydrogen-bond acceptors (Lipinski definition) is 7. The summed E-state index contributed by atoms with van der Waals surface area (Å²) in [6.45, 7) is 3.37. The first-order valence-electron chi connectivity index (χ1n) is 7.58. The second-order valence-corrected chi connectivity index (χ2v) is 5.41. The van der Waals surface area contributed by atoms with Crippen molar-refractivity contribution < 1.29 is 32.3 Å². The molecule has 8 nitrogen and oxygen atoms in total. The van der Waals surface area contributed by atoms with Crippen LogP contribution >= 0.6 is 0 Å². The maximum absolute atomic E-state index is 12.3. The molecule has 0 aliphatic heterocycles. The second-order valence-electron chi connectivity index (χ2n) is 5.41. The average Bonchev–Trinajstić information content (AvgIpc) is 3.07. The molecule has 0 amide bonds. The van der Waals surface area contributed by atoms with Gasteiger partial charge >= 0.3 is 12.1 Å². The van der Waals surface area contributed by atoms with E-state index >= 15 is 0 Å². The number of allylic oxidation sites excluding steroid dienone is 3. The van der Waals surface area contributed by atoms with Gasteiger partial charge in [0.2, 0.25) is 11.7 Å². The van der Waals surface area contributed by atoms with Gasteiger partial charge in [-0.1, -0.05) is 11.7 Å². The molecule has 0 aliphatic carbocycles. The fourth-order valence-corrected chi connectivity index (χ4v) is 1.81. The van der Waals surface area contributed by atoms with Gasteiger partial charge in [0.15, 0.2) is 5.88 Å². The third-order valence-corrected chi connectivity index (χ3v) is 3.24. The first kappa shape index (κ1) is 20.6. The lowest BCUT2D eigenvalue weighted by molar-refractivity contribution is -0.132. The lowest BCUT2D eigenvalue weighted by Gasteiger charge is -2.06. The molecule has 148 valence electrons. The molecule has 0 bridgehead atoms. The van der Waals surface area contributed by atoms with Crippen LogP contribution in [-0.4, -0.2) is 27.4 Å². The number of ether oxygens (including phenoxy) is 1. The van der Waals surface area contributed by atoms with Crippen LogP contribution in [0.25, 0.3) is 11.4 Å². The zero-order valence-electron chi connectivity index (χ0n) is 14.2. The summed E-state index contributed by atoms with van der Waals surface area (Å²) < 4.78 is 47.0. The summed E-state index contributed by atoms with van der Waals surface area (Å²) in [7, 11) is 0. The molecule has 5 N–H and O–H groups in total. The molecule has 0 radical (unpaired) electrons. The van der Waals surface area contributed by atoms with Crippen molar-refractivity contribution in [3.05, 3.63) is 66.0 Å². The molecule has 1 heterocycles. The highest BCUT2D eigenvalue weighted by Gasteiger charge is 2.30. The van der Waals surface area contributed by atoms with Crippen LogP contribution in [0.1, 0.15) is 5.89 Å². The summed E-state index contributed by atoms with van der Waals surface area (Å²) in [6.07, 6.45) is -3.27. The molecular weight excluding hydrogens is 381 g/mol. The van der Waals surface area contributed by atoms with Crippen LogP contribution < -0.4 is 16.2 Å². The van der Waals surface area contributed by atoms with Gasteiger partial charge in [0.25, 0.3) is 0 Å². The molecule has 1 aromatic heterocycles. The van der Waals surface area contributed by atoms with E-state index in [9.17, 15) is 18.0 Å². The zero-order valence-corrected chi connectivity index (χ0v) is 14.2. The van der Waals surface area contributed by atoms with E-state index in [0.717, 1.165) is 6.08 Å². The van der Waals surface area contributed by atoms with E-state index < -0.39 is 17.8 Å². The third-order valence-electron chi connectivity index (χ3n) is 3.24. The van der Waals surface area contributed by atoms with Crippen molar-refractivity contribution in [2.75, 3.05) is 0 Å². The number of aliphatic carboxylic acids is 1. The van der Waals surface area contributed by atoms with Crippen LogP contribution in [0.4, 0.5) is 13.2 Å². The Morgan fingerprint density at radius 1 is 1.25 bits per heavy atom. The minimum Gasteiger partial charge on any atom is -0.478 e. The first-order valence-corrected chi connectivity index (χ1v) is 7.58. The van der Waals surface area contributed by atoms with Crippen LogP contribution in [0.15, 0.2) is 64.7 Å².